The Morgan fingerprint density at radius 2 is 2.07 bits per heavy atom. The minimum atomic E-state index is -0.928. The average Bonchev–Trinajstić information content (AvgIpc) is 3.09. The number of rotatable bonds is 4. The lowest BCUT2D eigenvalue weighted by atomic mass is 10.0. The largest absolute Gasteiger partial charge is 0.480 e. The molecule has 140 valence electrons. The molecule has 1 saturated heterocycles. The van der Waals surface area contributed by atoms with Gasteiger partial charge < -0.3 is 10.0 Å². The van der Waals surface area contributed by atoms with Crippen molar-refractivity contribution in [3.63, 3.8) is 0 Å². The number of hydrogen-bond acceptors (Lipinski definition) is 5. The molecule has 3 heterocycles. The minimum Gasteiger partial charge on any atom is -0.480 e. The predicted octanol–water partition coefficient (Wildman–Crippen LogP) is 2.75. The molecule has 0 spiro atoms. The lowest BCUT2D eigenvalue weighted by Gasteiger charge is -2.32. The first-order valence-corrected chi connectivity index (χ1v) is 9.93. The summed E-state index contributed by atoms with van der Waals surface area (Å²) in [5.41, 5.74) is 2.85. The summed E-state index contributed by atoms with van der Waals surface area (Å²) in [7, 11) is 0. The van der Waals surface area contributed by atoms with Crippen molar-refractivity contribution in [2.75, 3.05) is 12.3 Å². The van der Waals surface area contributed by atoms with Crippen molar-refractivity contribution in [1.82, 2.24) is 19.5 Å². The van der Waals surface area contributed by atoms with Gasteiger partial charge in [0.05, 0.1) is 11.3 Å². The van der Waals surface area contributed by atoms with Gasteiger partial charge in [-0.05, 0) is 43.9 Å². The third kappa shape index (κ3) is 3.25. The van der Waals surface area contributed by atoms with Gasteiger partial charge in [0, 0.05) is 11.9 Å². The van der Waals surface area contributed by atoms with Crippen LogP contribution in [0.1, 0.15) is 24.8 Å². The first kappa shape index (κ1) is 17.8. The van der Waals surface area contributed by atoms with Crippen molar-refractivity contribution in [3.05, 3.63) is 35.9 Å². The SMILES string of the molecule is Cc1cc2nnc(SCC(=O)N3CCCC[C@H]3C(=O)O)n2c2ccccc12. The second-order valence-corrected chi connectivity index (χ2v) is 7.69. The van der Waals surface area contributed by atoms with Crippen LogP contribution >= 0.6 is 11.8 Å². The van der Waals surface area contributed by atoms with Gasteiger partial charge in [0.15, 0.2) is 10.8 Å². The molecule has 1 fully saturated rings. The van der Waals surface area contributed by atoms with Crippen LogP contribution in [-0.4, -0.2) is 54.8 Å². The fourth-order valence-electron chi connectivity index (χ4n) is 3.66. The number of likely N-dealkylation sites (tertiary alicyclic amines) is 1. The fourth-order valence-corrected chi connectivity index (χ4v) is 4.50. The Morgan fingerprint density at radius 3 is 2.89 bits per heavy atom. The quantitative estimate of drug-likeness (QED) is 0.696. The van der Waals surface area contributed by atoms with Crippen molar-refractivity contribution < 1.29 is 14.7 Å². The Morgan fingerprint density at radius 1 is 1.26 bits per heavy atom. The molecule has 1 amide bonds. The number of hydrogen-bond donors (Lipinski definition) is 1. The van der Waals surface area contributed by atoms with E-state index in [1.165, 1.54) is 16.7 Å². The van der Waals surface area contributed by atoms with Gasteiger partial charge in [-0.25, -0.2) is 4.79 Å². The van der Waals surface area contributed by atoms with Crippen LogP contribution in [0.2, 0.25) is 0 Å². The maximum absolute atomic E-state index is 12.6. The van der Waals surface area contributed by atoms with E-state index in [0.717, 1.165) is 35.0 Å². The van der Waals surface area contributed by atoms with Crippen molar-refractivity contribution in [3.8, 4) is 0 Å². The van der Waals surface area contributed by atoms with E-state index < -0.39 is 12.0 Å². The topological polar surface area (TPSA) is 87.8 Å². The summed E-state index contributed by atoms with van der Waals surface area (Å²) in [6.07, 6.45) is 2.20. The normalized spacial score (nSPS) is 17.5. The molecule has 1 atom stereocenters. The van der Waals surface area contributed by atoms with Gasteiger partial charge >= 0.3 is 5.97 Å². The van der Waals surface area contributed by atoms with Gasteiger partial charge in [0.1, 0.15) is 6.04 Å². The summed E-state index contributed by atoms with van der Waals surface area (Å²) in [5.74, 6) is -0.949. The zero-order chi connectivity index (χ0) is 19.0. The van der Waals surface area contributed by atoms with Crippen LogP contribution in [0.3, 0.4) is 0 Å². The van der Waals surface area contributed by atoms with E-state index in [4.69, 9.17) is 0 Å². The second kappa shape index (κ2) is 7.19. The summed E-state index contributed by atoms with van der Waals surface area (Å²) in [6.45, 7) is 2.54. The summed E-state index contributed by atoms with van der Waals surface area (Å²) in [4.78, 5) is 25.6. The predicted molar refractivity (Wildman–Crippen MR) is 103 cm³/mol. The maximum atomic E-state index is 12.6. The number of aromatic nitrogens is 3. The number of nitrogens with zero attached hydrogens (tertiary/aromatic N) is 4. The number of carbonyl (C=O) groups excluding carboxylic acids is 1. The minimum absolute atomic E-state index is 0.146. The van der Waals surface area contributed by atoms with E-state index in [1.807, 2.05) is 35.6 Å². The smallest absolute Gasteiger partial charge is 0.326 e. The van der Waals surface area contributed by atoms with Crippen molar-refractivity contribution in [2.45, 2.75) is 37.4 Å². The van der Waals surface area contributed by atoms with Gasteiger partial charge in [-0.1, -0.05) is 30.0 Å². The standard InChI is InChI=1S/C19H20N4O3S/c1-12-10-16-20-21-19(23(16)14-7-3-2-6-13(12)14)27-11-17(24)22-9-5-4-8-15(22)18(25)26/h2-3,6-7,10,15H,4-5,8-9,11H2,1H3,(H,25,26)/t15-/m0/s1. The van der Waals surface area contributed by atoms with Crippen LogP contribution in [0.4, 0.5) is 0 Å². The van der Waals surface area contributed by atoms with E-state index in [9.17, 15) is 14.7 Å². The van der Waals surface area contributed by atoms with Gasteiger partial charge in [-0.3, -0.25) is 9.20 Å². The van der Waals surface area contributed by atoms with Crippen molar-refractivity contribution >= 4 is 40.2 Å². The molecular weight excluding hydrogens is 364 g/mol. The summed E-state index contributed by atoms with van der Waals surface area (Å²) >= 11 is 1.30. The number of fused-ring (bicyclic) bond motifs is 3. The first-order chi connectivity index (χ1) is 13.1. The third-order valence-electron chi connectivity index (χ3n) is 5.01. The van der Waals surface area contributed by atoms with Gasteiger partial charge in [-0.15, -0.1) is 10.2 Å². The Hall–Kier alpha value is -2.61. The first-order valence-electron chi connectivity index (χ1n) is 8.95. The number of aliphatic carboxylic acids is 1. The van der Waals surface area contributed by atoms with Gasteiger partial charge in [0.2, 0.25) is 5.91 Å². The molecular formula is C19H20N4O3S. The number of pyridine rings is 1. The highest BCUT2D eigenvalue weighted by Crippen LogP contribution is 2.26. The molecule has 0 unspecified atom stereocenters. The highest BCUT2D eigenvalue weighted by molar-refractivity contribution is 7.99. The van der Waals surface area contributed by atoms with E-state index >= 15 is 0 Å². The van der Waals surface area contributed by atoms with Gasteiger partial charge in [-0.2, -0.15) is 0 Å². The van der Waals surface area contributed by atoms with Crippen LogP contribution in [0.25, 0.3) is 16.6 Å². The van der Waals surface area contributed by atoms with Crippen molar-refractivity contribution in [2.24, 2.45) is 0 Å². The Kier molecular flexibility index (Phi) is 4.73. The Balaban J connectivity index is 1.60. The van der Waals surface area contributed by atoms with Crippen LogP contribution in [-0.2, 0) is 9.59 Å². The molecule has 0 radical (unpaired) electrons. The number of aryl methyl sites for hydroxylation is 1. The van der Waals surface area contributed by atoms with E-state index in [0.29, 0.717) is 18.1 Å². The number of benzene rings is 1. The highest BCUT2D eigenvalue weighted by Gasteiger charge is 2.31. The molecule has 7 nitrogen and oxygen atoms in total. The Bertz CT molecular complexity index is 1030. The van der Waals surface area contributed by atoms with E-state index in [-0.39, 0.29) is 11.7 Å². The summed E-state index contributed by atoms with van der Waals surface area (Å²) in [5, 5.41) is 19.6. The number of carboxylic acid groups (broad SMARTS) is 1. The zero-order valence-corrected chi connectivity index (χ0v) is 15.8. The van der Waals surface area contributed by atoms with Crippen LogP contribution in [0.15, 0.2) is 35.5 Å². The average molecular weight is 384 g/mol. The number of carboxylic acids is 1. The summed E-state index contributed by atoms with van der Waals surface area (Å²) in [6, 6.07) is 9.28. The van der Waals surface area contributed by atoms with Crippen LogP contribution in [0, 0.1) is 6.92 Å². The van der Waals surface area contributed by atoms with Crippen LogP contribution < -0.4 is 0 Å². The zero-order valence-electron chi connectivity index (χ0n) is 15.0. The van der Waals surface area contributed by atoms with Crippen LogP contribution in [0.5, 0.6) is 0 Å². The molecule has 1 aliphatic rings. The fraction of sp³-hybridized carbons (Fsp3) is 0.368. The molecule has 1 aromatic carbocycles. The molecule has 27 heavy (non-hydrogen) atoms. The van der Waals surface area contributed by atoms with Gasteiger partial charge in [0.25, 0.3) is 0 Å². The molecule has 0 saturated carbocycles. The lowest BCUT2D eigenvalue weighted by Crippen LogP contribution is -2.48. The second-order valence-electron chi connectivity index (χ2n) is 6.75. The number of thioether (sulfide) groups is 1. The molecule has 1 aliphatic heterocycles. The monoisotopic (exact) mass is 384 g/mol. The number of carbonyl (C=O) groups is 2. The Labute approximate surface area is 160 Å². The van der Waals surface area contributed by atoms with E-state index in [2.05, 4.69) is 16.3 Å². The lowest BCUT2D eigenvalue weighted by molar-refractivity contribution is -0.150. The van der Waals surface area contributed by atoms with Crippen molar-refractivity contribution in [1.29, 1.82) is 0 Å². The number of para-hydroxylation sites is 1. The molecule has 8 heteroatoms. The number of amides is 1. The number of piperidine rings is 1. The van der Waals surface area contributed by atoms with E-state index in [1.54, 1.807) is 0 Å². The molecule has 0 bridgehead atoms. The molecule has 3 aromatic rings. The third-order valence-corrected chi connectivity index (χ3v) is 5.92. The highest BCUT2D eigenvalue weighted by atomic mass is 32.2. The molecule has 0 aliphatic carbocycles. The molecule has 1 N–H and O–H groups in total. The maximum Gasteiger partial charge on any atom is 0.326 e. The molecule has 4 rings (SSSR count). The summed E-state index contributed by atoms with van der Waals surface area (Å²) < 4.78 is 1.95. The molecule has 2 aromatic heterocycles.